The Balaban J connectivity index is 1.33. The number of hydrogen-bond acceptors (Lipinski definition) is 4. The molecule has 0 saturated carbocycles. The smallest absolute Gasteiger partial charge is 0.411 e. The summed E-state index contributed by atoms with van der Waals surface area (Å²) in [5.74, 6) is 1.63. The maximum atomic E-state index is 12.2. The van der Waals surface area contributed by atoms with Gasteiger partial charge in [-0.3, -0.25) is 9.80 Å². The first kappa shape index (κ1) is 17.2. The number of rotatable bonds is 5. The number of piperidine rings is 1. The van der Waals surface area contributed by atoms with E-state index in [9.17, 15) is 4.79 Å². The van der Waals surface area contributed by atoms with E-state index in [1.807, 2.05) is 24.3 Å². The van der Waals surface area contributed by atoms with E-state index in [0.717, 1.165) is 35.5 Å². The minimum absolute atomic E-state index is 0.217. The lowest BCUT2D eigenvalue weighted by Crippen LogP contribution is -2.42. The van der Waals surface area contributed by atoms with Crippen LogP contribution in [0.4, 0.5) is 4.79 Å². The summed E-state index contributed by atoms with van der Waals surface area (Å²) < 4.78 is 11.5. The maximum Gasteiger partial charge on any atom is 0.411 e. The fourth-order valence-corrected chi connectivity index (χ4v) is 3.73. The second-order valence-corrected chi connectivity index (χ2v) is 7.46. The molecule has 26 heavy (non-hydrogen) atoms. The predicted octanol–water partition coefficient (Wildman–Crippen LogP) is 3.73. The number of benzene rings is 2. The van der Waals surface area contributed by atoms with Gasteiger partial charge in [-0.1, -0.05) is 43.3 Å². The van der Waals surface area contributed by atoms with Gasteiger partial charge in [0.05, 0.1) is 13.2 Å². The lowest BCUT2D eigenvalue weighted by atomic mass is 10.00. The number of carbonyl (C=O) groups is 1. The van der Waals surface area contributed by atoms with Crippen molar-refractivity contribution in [3.8, 4) is 5.75 Å². The first-order valence-corrected chi connectivity index (χ1v) is 9.47. The van der Waals surface area contributed by atoms with E-state index in [0.29, 0.717) is 19.8 Å². The Morgan fingerprint density at radius 2 is 1.88 bits per heavy atom. The number of hydrogen-bond donors (Lipinski definition) is 0. The summed E-state index contributed by atoms with van der Waals surface area (Å²) in [4.78, 5) is 16.3. The number of amides is 1. The van der Waals surface area contributed by atoms with Crippen molar-refractivity contribution >= 4 is 16.9 Å². The molecule has 0 N–H and O–H groups in total. The van der Waals surface area contributed by atoms with Gasteiger partial charge in [-0.15, -0.1) is 0 Å². The number of fused-ring (bicyclic) bond motifs is 1. The van der Waals surface area contributed by atoms with Crippen LogP contribution in [0.3, 0.4) is 0 Å². The van der Waals surface area contributed by atoms with Gasteiger partial charge in [0.2, 0.25) is 0 Å². The highest BCUT2D eigenvalue weighted by atomic mass is 16.6. The molecule has 5 heteroatoms. The fraction of sp³-hybridized carbons (Fsp3) is 0.476. The molecule has 2 heterocycles. The molecule has 0 spiro atoms. The zero-order valence-electron chi connectivity index (χ0n) is 15.3. The highest BCUT2D eigenvalue weighted by molar-refractivity contribution is 5.88. The molecular weight excluding hydrogens is 328 g/mol. The second-order valence-electron chi connectivity index (χ2n) is 7.46. The number of nitrogens with zero attached hydrogens (tertiary/aromatic N) is 2. The zero-order valence-corrected chi connectivity index (χ0v) is 15.3. The van der Waals surface area contributed by atoms with Crippen molar-refractivity contribution in [3.63, 3.8) is 0 Å². The summed E-state index contributed by atoms with van der Waals surface area (Å²) in [5, 5.41) is 2.23. The van der Waals surface area contributed by atoms with Crippen molar-refractivity contribution in [2.45, 2.75) is 25.9 Å². The third-order valence-electron chi connectivity index (χ3n) is 5.37. The molecule has 2 aromatic carbocycles. The van der Waals surface area contributed by atoms with Crippen LogP contribution in [0.15, 0.2) is 42.5 Å². The van der Waals surface area contributed by atoms with Crippen LogP contribution >= 0.6 is 0 Å². The van der Waals surface area contributed by atoms with Gasteiger partial charge in [-0.2, -0.15) is 0 Å². The standard InChI is InChI=1S/C21H26N2O3/c1-16-9-11-22(12-10-16)15-23-13-18(26-21(23)24)14-25-20-8-4-6-17-5-2-3-7-19(17)20/h2-8,16,18H,9-15H2,1H3/t18-/m1/s1. The molecule has 4 rings (SSSR count). The van der Waals surface area contributed by atoms with E-state index < -0.39 is 0 Å². The SMILES string of the molecule is CC1CCN(CN2C[C@H](COc3cccc4ccccc34)OC2=O)CC1. The van der Waals surface area contributed by atoms with Gasteiger partial charge in [0.25, 0.3) is 0 Å². The normalized spacial score (nSPS) is 22.0. The third-order valence-corrected chi connectivity index (χ3v) is 5.37. The van der Waals surface area contributed by atoms with Gasteiger partial charge in [0, 0.05) is 18.5 Å². The van der Waals surface area contributed by atoms with Crippen LogP contribution in [-0.4, -0.2) is 54.9 Å². The quantitative estimate of drug-likeness (QED) is 0.820. The second kappa shape index (κ2) is 7.54. The number of ether oxygens (including phenoxy) is 2. The van der Waals surface area contributed by atoms with E-state index in [4.69, 9.17) is 9.47 Å². The first-order chi connectivity index (χ1) is 12.7. The Bertz CT molecular complexity index is 765. The molecule has 0 radical (unpaired) electrons. The minimum atomic E-state index is -0.227. The van der Waals surface area contributed by atoms with Crippen molar-refractivity contribution in [3.05, 3.63) is 42.5 Å². The topological polar surface area (TPSA) is 42.0 Å². The average Bonchev–Trinajstić information content (AvgIpc) is 3.01. The average molecular weight is 354 g/mol. The molecule has 0 bridgehead atoms. The summed E-state index contributed by atoms with van der Waals surface area (Å²) in [6.07, 6.45) is 1.97. The Morgan fingerprint density at radius 3 is 2.73 bits per heavy atom. The van der Waals surface area contributed by atoms with Crippen molar-refractivity contribution in [2.24, 2.45) is 5.92 Å². The molecule has 2 fully saturated rings. The summed E-state index contributed by atoms with van der Waals surface area (Å²) in [6.45, 7) is 6.05. The summed E-state index contributed by atoms with van der Waals surface area (Å²) in [7, 11) is 0. The van der Waals surface area contributed by atoms with E-state index in [1.54, 1.807) is 4.90 Å². The Kier molecular flexibility index (Phi) is 4.98. The molecule has 5 nitrogen and oxygen atoms in total. The van der Waals surface area contributed by atoms with Crippen LogP contribution in [-0.2, 0) is 4.74 Å². The summed E-state index contributed by atoms with van der Waals surface area (Å²) in [6, 6.07) is 14.2. The monoisotopic (exact) mass is 354 g/mol. The summed E-state index contributed by atoms with van der Waals surface area (Å²) in [5.41, 5.74) is 0. The van der Waals surface area contributed by atoms with E-state index >= 15 is 0 Å². The molecule has 2 aromatic rings. The van der Waals surface area contributed by atoms with E-state index in [2.05, 4.69) is 30.0 Å². The van der Waals surface area contributed by atoms with Gasteiger partial charge in [0.1, 0.15) is 12.4 Å². The lowest BCUT2D eigenvalue weighted by molar-refractivity contribution is 0.0964. The zero-order chi connectivity index (χ0) is 17.9. The molecule has 0 aliphatic carbocycles. The van der Waals surface area contributed by atoms with Crippen LogP contribution in [0.2, 0.25) is 0 Å². The molecule has 138 valence electrons. The Morgan fingerprint density at radius 1 is 1.12 bits per heavy atom. The van der Waals surface area contributed by atoms with E-state index in [-0.39, 0.29) is 12.2 Å². The molecule has 0 unspecified atom stereocenters. The van der Waals surface area contributed by atoms with Crippen LogP contribution in [0.5, 0.6) is 5.75 Å². The van der Waals surface area contributed by atoms with Crippen LogP contribution < -0.4 is 4.74 Å². The molecule has 2 aliphatic rings. The molecular formula is C21H26N2O3. The number of carbonyl (C=O) groups excluding carboxylic acids is 1. The third kappa shape index (κ3) is 3.78. The summed E-state index contributed by atoms with van der Waals surface area (Å²) >= 11 is 0. The highest BCUT2D eigenvalue weighted by Gasteiger charge is 2.33. The molecule has 2 aliphatic heterocycles. The highest BCUT2D eigenvalue weighted by Crippen LogP contribution is 2.26. The van der Waals surface area contributed by atoms with Crippen molar-refractivity contribution < 1.29 is 14.3 Å². The van der Waals surface area contributed by atoms with Gasteiger partial charge < -0.3 is 9.47 Å². The lowest BCUT2D eigenvalue weighted by Gasteiger charge is -2.32. The van der Waals surface area contributed by atoms with Gasteiger partial charge in [-0.05, 0) is 30.2 Å². The Labute approximate surface area is 154 Å². The fourth-order valence-electron chi connectivity index (χ4n) is 3.73. The van der Waals surface area contributed by atoms with Crippen LogP contribution in [0.1, 0.15) is 19.8 Å². The number of likely N-dealkylation sites (tertiary alicyclic amines) is 1. The molecule has 0 aromatic heterocycles. The van der Waals surface area contributed by atoms with Gasteiger partial charge in [-0.25, -0.2) is 4.79 Å². The van der Waals surface area contributed by atoms with Gasteiger partial charge in [0.15, 0.2) is 6.10 Å². The van der Waals surface area contributed by atoms with Crippen molar-refractivity contribution in [1.29, 1.82) is 0 Å². The molecule has 2 saturated heterocycles. The molecule has 1 amide bonds. The van der Waals surface area contributed by atoms with Crippen molar-refractivity contribution in [1.82, 2.24) is 9.80 Å². The van der Waals surface area contributed by atoms with Crippen LogP contribution in [0.25, 0.3) is 10.8 Å². The van der Waals surface area contributed by atoms with Gasteiger partial charge >= 0.3 is 6.09 Å². The van der Waals surface area contributed by atoms with Crippen molar-refractivity contribution in [2.75, 3.05) is 32.9 Å². The number of cyclic esters (lactones) is 1. The van der Waals surface area contributed by atoms with Crippen LogP contribution in [0, 0.1) is 5.92 Å². The Hall–Kier alpha value is -2.27. The minimum Gasteiger partial charge on any atom is -0.489 e. The molecule has 1 atom stereocenters. The van der Waals surface area contributed by atoms with E-state index in [1.165, 1.54) is 12.8 Å². The predicted molar refractivity (Wildman–Crippen MR) is 101 cm³/mol. The first-order valence-electron chi connectivity index (χ1n) is 9.47. The largest absolute Gasteiger partial charge is 0.489 e. The maximum absolute atomic E-state index is 12.2.